The van der Waals surface area contributed by atoms with Crippen LogP contribution in [0, 0.1) is 0 Å². The average Bonchev–Trinajstić information content (AvgIpc) is 1.86. The minimum absolute atomic E-state index is 0.169. The molecule has 0 saturated heterocycles. The zero-order valence-electron chi connectivity index (χ0n) is 7.01. The van der Waals surface area contributed by atoms with Crippen LogP contribution in [0.3, 0.4) is 0 Å². The molecule has 0 aromatic carbocycles. The summed E-state index contributed by atoms with van der Waals surface area (Å²) in [6.45, 7) is 1.58. The fourth-order valence-corrected chi connectivity index (χ4v) is 0. The Morgan fingerprint density at radius 1 is 1.42 bits per heavy atom. The van der Waals surface area contributed by atoms with Crippen LogP contribution < -0.4 is 0 Å². The van der Waals surface area contributed by atoms with Crippen LogP contribution in [0.4, 0.5) is 0 Å². The molecule has 0 aromatic heterocycles. The summed E-state index contributed by atoms with van der Waals surface area (Å²) in [5.74, 6) is 0.169. The van der Waals surface area contributed by atoms with Crippen LogP contribution in [-0.2, 0) is 44.1 Å². The van der Waals surface area contributed by atoms with Crippen molar-refractivity contribution in [3.05, 3.63) is 0 Å². The van der Waals surface area contributed by atoms with Crippen LogP contribution in [0.1, 0.15) is 6.92 Å². The topological polar surface area (TPSA) is 63.6 Å². The van der Waals surface area contributed by atoms with Crippen molar-refractivity contribution in [3.63, 3.8) is 0 Å². The molecule has 0 saturated carbocycles. The van der Waals surface area contributed by atoms with Gasteiger partial charge in [0.1, 0.15) is 17.5 Å². The molecule has 0 bridgehead atoms. The molecule has 0 aliphatic carbocycles. The maximum Gasteiger partial charge on any atom is 0.141 e. The van der Waals surface area contributed by atoms with Crippen LogP contribution >= 0.6 is 0 Å². The van der Waals surface area contributed by atoms with Crippen molar-refractivity contribution in [2.24, 2.45) is 0 Å². The summed E-state index contributed by atoms with van der Waals surface area (Å²) in [7, 11) is -3.83. The summed E-state index contributed by atoms with van der Waals surface area (Å²) >= 11 is 8.36. The molecule has 0 radical (unpaired) electrons. The fourth-order valence-electron chi connectivity index (χ4n) is 0. The van der Waals surface area contributed by atoms with E-state index in [1.165, 1.54) is 13.4 Å². The van der Waals surface area contributed by atoms with Gasteiger partial charge in [0.25, 0.3) is 0 Å². The summed E-state index contributed by atoms with van der Waals surface area (Å²) in [5, 5.41) is 0. The first kappa shape index (κ1) is 15.1. The summed E-state index contributed by atoms with van der Waals surface area (Å²) in [6, 6.07) is 0. The molecule has 0 spiro atoms. The van der Waals surface area contributed by atoms with Gasteiger partial charge in [0, 0.05) is 34.4 Å². The smallest absolute Gasteiger partial charge is 0.141 e. The van der Waals surface area contributed by atoms with Gasteiger partial charge in [0.2, 0.25) is 0 Å². The molecule has 0 amide bonds. The third-order valence-electron chi connectivity index (χ3n) is 0.668. The minimum Gasteiger partial charge on any atom is -0.306 e. The van der Waals surface area contributed by atoms with Crippen LogP contribution in [0.15, 0.2) is 0 Å². The van der Waals surface area contributed by atoms with E-state index in [0.717, 1.165) is 0 Å². The van der Waals surface area contributed by atoms with E-state index in [2.05, 4.69) is 26.6 Å². The maximum absolute atomic E-state index is 10.1. The largest absolute Gasteiger partial charge is 0.306 e. The molecular weight excluding hydrogens is 240 g/mol. The van der Waals surface area contributed by atoms with Gasteiger partial charge in [-0.2, -0.15) is 0 Å². The van der Waals surface area contributed by atoms with Crippen LogP contribution in [-0.4, -0.2) is 32.1 Å². The van der Waals surface area contributed by atoms with Gasteiger partial charge in [-0.05, 0) is 0 Å². The molecule has 4 nitrogen and oxygen atoms in total. The Labute approximate surface area is 83.1 Å². The van der Waals surface area contributed by atoms with Crippen molar-refractivity contribution < 1.29 is 17.2 Å². The van der Waals surface area contributed by atoms with Gasteiger partial charge in [-0.15, -0.1) is 0 Å². The lowest BCUT2D eigenvalue weighted by Crippen LogP contribution is -1.95. The molecule has 0 heterocycles. The molecule has 8 heteroatoms. The lowest BCUT2D eigenvalue weighted by molar-refractivity contribution is 0.448. The first-order valence-electron chi connectivity index (χ1n) is 2.83. The molecule has 2 unspecified atom stereocenters. The van der Waals surface area contributed by atoms with Gasteiger partial charge in [0.15, 0.2) is 0 Å². The van der Waals surface area contributed by atoms with Gasteiger partial charge in [0.05, 0.1) is 7.11 Å². The van der Waals surface area contributed by atoms with Crippen molar-refractivity contribution in [1.82, 2.24) is 0 Å². The minimum atomic E-state index is -2.83. The Hall–Kier alpha value is 0.660. The quantitative estimate of drug-likeness (QED) is 0.755. The Morgan fingerprint density at radius 3 is 1.58 bits per heavy atom. The number of hydrogen-bond donors (Lipinski definition) is 1. The fraction of sp³-hybridized carbons (Fsp3) is 1.00. The molecule has 1 N–H and O–H groups in total. The highest BCUT2D eigenvalue weighted by Gasteiger charge is 1.88. The second kappa shape index (κ2) is 6.17. The highest BCUT2D eigenvalue weighted by atomic mass is 32.8. The third kappa shape index (κ3) is 22.4. The van der Waals surface area contributed by atoms with Gasteiger partial charge < -0.3 is 4.55 Å². The van der Waals surface area contributed by atoms with E-state index >= 15 is 0 Å². The van der Waals surface area contributed by atoms with Crippen molar-refractivity contribution in [2.75, 3.05) is 19.1 Å². The predicted octanol–water partition coefficient (Wildman–Crippen LogP) is 0.150. The van der Waals surface area contributed by atoms with Gasteiger partial charge in [-0.3, -0.25) is 4.18 Å². The Kier molecular flexibility index (Phi) is 7.78. The van der Waals surface area contributed by atoms with E-state index in [0.29, 0.717) is 0 Å². The molecule has 0 aliphatic heterocycles. The first-order valence-corrected chi connectivity index (χ1v) is 8.25. The lowest BCUT2D eigenvalue weighted by Gasteiger charge is -1.88. The average molecular weight is 252 g/mol. The zero-order chi connectivity index (χ0) is 10.4. The Balaban J connectivity index is 0. The summed E-state index contributed by atoms with van der Waals surface area (Å²) in [6.07, 6.45) is 1.36. The molecule has 0 rings (SSSR count). The zero-order valence-corrected chi connectivity index (χ0v) is 10.3. The summed E-state index contributed by atoms with van der Waals surface area (Å²) in [4.78, 5) is 0. The number of rotatable bonds is 2. The van der Waals surface area contributed by atoms with Gasteiger partial charge in [-0.25, -0.2) is 8.42 Å². The second-order valence-corrected chi connectivity index (χ2v) is 8.60. The van der Waals surface area contributed by atoms with Crippen LogP contribution in [0.2, 0.25) is 0 Å². The van der Waals surface area contributed by atoms with Gasteiger partial charge >= 0.3 is 0 Å². The van der Waals surface area contributed by atoms with Crippen LogP contribution in [0.5, 0.6) is 0 Å². The van der Waals surface area contributed by atoms with Crippen molar-refractivity contribution in [3.8, 4) is 0 Å². The highest BCUT2D eigenvalue weighted by Crippen LogP contribution is 1.78. The summed E-state index contributed by atoms with van der Waals surface area (Å²) < 4.78 is 32.5. The molecule has 2 atom stereocenters. The Morgan fingerprint density at radius 2 is 1.58 bits per heavy atom. The SMILES string of the molecule is CCS(=O)(O)=S.COS(C)(=O)=S. The highest BCUT2D eigenvalue weighted by molar-refractivity contribution is 8.30. The van der Waals surface area contributed by atoms with E-state index in [1.54, 1.807) is 6.92 Å². The molecule has 0 aliphatic rings. The Bertz CT molecular complexity index is 255. The van der Waals surface area contributed by atoms with E-state index in [4.69, 9.17) is 4.55 Å². The monoisotopic (exact) mass is 252 g/mol. The van der Waals surface area contributed by atoms with Crippen molar-refractivity contribution in [2.45, 2.75) is 6.92 Å². The standard InChI is InChI=1S/2C2H6O2S2/c1-4-6(2,3)5;1-2-6(3,4)5/h1-2H3;2H2,1H3,(H,3,4,5). The number of hydrogen-bond acceptors (Lipinski definition) is 5. The third-order valence-corrected chi connectivity index (χ3v) is 3.12. The van der Waals surface area contributed by atoms with Crippen molar-refractivity contribution >= 4 is 39.9 Å². The second-order valence-electron chi connectivity index (χ2n) is 1.74. The van der Waals surface area contributed by atoms with Crippen molar-refractivity contribution in [1.29, 1.82) is 0 Å². The van der Waals surface area contributed by atoms with E-state index in [9.17, 15) is 8.42 Å². The molecular formula is C4H12O4S4. The van der Waals surface area contributed by atoms with Gasteiger partial charge in [-0.1, -0.05) is 6.92 Å². The summed E-state index contributed by atoms with van der Waals surface area (Å²) in [5.41, 5.74) is 0. The first-order chi connectivity index (χ1) is 5.12. The molecule has 0 fully saturated rings. The predicted molar refractivity (Wildman–Crippen MR) is 57.1 cm³/mol. The molecule has 0 aromatic rings. The van der Waals surface area contributed by atoms with E-state index in [-0.39, 0.29) is 5.75 Å². The van der Waals surface area contributed by atoms with Crippen LogP contribution in [0.25, 0.3) is 0 Å². The lowest BCUT2D eigenvalue weighted by atomic mass is 11.0. The van der Waals surface area contributed by atoms with E-state index < -0.39 is 17.5 Å². The molecule has 12 heavy (non-hydrogen) atoms. The maximum atomic E-state index is 10.1. The molecule has 76 valence electrons. The van der Waals surface area contributed by atoms with E-state index in [1.807, 2.05) is 0 Å². The normalized spacial score (nSPS) is 19.7.